The number of para-hydroxylation sites is 1. The molecular weight excluding hydrogens is 334 g/mol. The summed E-state index contributed by atoms with van der Waals surface area (Å²) in [6.07, 6.45) is 0.880. The number of methoxy groups -OCH3 is 1. The number of hydrogen-bond acceptors (Lipinski definition) is 5. The van der Waals surface area contributed by atoms with Crippen LogP contribution in [0.2, 0.25) is 0 Å². The van der Waals surface area contributed by atoms with E-state index in [0.717, 1.165) is 11.3 Å². The Morgan fingerprint density at radius 3 is 2.73 bits per heavy atom. The van der Waals surface area contributed by atoms with Crippen molar-refractivity contribution in [1.29, 1.82) is 0 Å². The molecule has 0 unspecified atom stereocenters. The molecule has 2 rings (SSSR count). The van der Waals surface area contributed by atoms with Gasteiger partial charge in [-0.15, -0.1) is 0 Å². The molecule has 0 spiro atoms. The van der Waals surface area contributed by atoms with Crippen molar-refractivity contribution in [1.82, 2.24) is 15.1 Å². The highest BCUT2D eigenvalue weighted by Gasteiger charge is 2.29. The van der Waals surface area contributed by atoms with Crippen LogP contribution in [-0.2, 0) is 16.0 Å². The van der Waals surface area contributed by atoms with Crippen LogP contribution in [0.25, 0.3) is 0 Å². The average molecular weight is 363 g/mol. The van der Waals surface area contributed by atoms with E-state index in [0.29, 0.717) is 38.9 Å². The van der Waals surface area contributed by atoms with Gasteiger partial charge in [-0.25, -0.2) is 0 Å². The van der Waals surface area contributed by atoms with Gasteiger partial charge in [0.05, 0.1) is 25.8 Å². The van der Waals surface area contributed by atoms with E-state index in [4.69, 9.17) is 4.74 Å². The maximum absolute atomic E-state index is 12.2. The summed E-state index contributed by atoms with van der Waals surface area (Å²) in [5.74, 6) is 0.702. The van der Waals surface area contributed by atoms with Gasteiger partial charge in [0.1, 0.15) is 5.75 Å². The zero-order valence-electron chi connectivity index (χ0n) is 15.8. The number of amides is 2. The fourth-order valence-corrected chi connectivity index (χ4v) is 3.08. The van der Waals surface area contributed by atoms with Gasteiger partial charge in [0.25, 0.3) is 0 Å². The van der Waals surface area contributed by atoms with Crippen molar-refractivity contribution in [3.63, 3.8) is 0 Å². The van der Waals surface area contributed by atoms with Gasteiger partial charge in [0.15, 0.2) is 0 Å². The zero-order valence-corrected chi connectivity index (χ0v) is 15.8. The van der Waals surface area contributed by atoms with Crippen molar-refractivity contribution in [2.24, 2.45) is 0 Å². The molecule has 0 bridgehead atoms. The maximum atomic E-state index is 12.2. The maximum Gasteiger partial charge on any atom is 0.236 e. The smallest absolute Gasteiger partial charge is 0.236 e. The second-order valence-corrected chi connectivity index (χ2v) is 6.87. The van der Waals surface area contributed by atoms with Gasteiger partial charge < -0.3 is 20.1 Å². The monoisotopic (exact) mass is 363 g/mol. The summed E-state index contributed by atoms with van der Waals surface area (Å²) in [5.41, 5.74) is 0.989. The number of carbonyl (C=O) groups excluding carboxylic acids is 2. The van der Waals surface area contributed by atoms with Gasteiger partial charge in [-0.3, -0.25) is 14.5 Å². The van der Waals surface area contributed by atoms with Crippen molar-refractivity contribution < 1.29 is 19.4 Å². The molecule has 2 N–H and O–H groups in total. The number of rotatable bonds is 7. The SMILES string of the molecule is COc1ccccc1CCC(=O)N[C@@H]1CCN(CC(=O)N(C)C)C[C@H]1O. The van der Waals surface area contributed by atoms with Crippen molar-refractivity contribution in [3.8, 4) is 5.75 Å². The van der Waals surface area contributed by atoms with E-state index in [1.807, 2.05) is 29.2 Å². The summed E-state index contributed by atoms with van der Waals surface area (Å²) in [6, 6.07) is 7.37. The first-order valence-corrected chi connectivity index (χ1v) is 8.92. The second-order valence-electron chi connectivity index (χ2n) is 6.87. The highest BCUT2D eigenvalue weighted by molar-refractivity contribution is 5.78. The van der Waals surface area contributed by atoms with Gasteiger partial charge in [-0.1, -0.05) is 18.2 Å². The Balaban J connectivity index is 1.78. The third-order valence-corrected chi connectivity index (χ3v) is 4.68. The standard InChI is InChI=1S/C19H29N3O4/c1-21(2)19(25)13-22-11-10-15(16(23)12-22)20-18(24)9-8-14-6-4-5-7-17(14)26-3/h4-7,15-16,23H,8-13H2,1-3H3,(H,20,24)/t15-,16-/m1/s1. The Bertz CT molecular complexity index is 621. The zero-order chi connectivity index (χ0) is 19.1. The molecular formula is C19H29N3O4. The highest BCUT2D eigenvalue weighted by atomic mass is 16.5. The molecule has 1 saturated heterocycles. The van der Waals surface area contributed by atoms with Crippen LogP contribution >= 0.6 is 0 Å². The molecule has 2 amide bonds. The lowest BCUT2D eigenvalue weighted by Gasteiger charge is -2.36. The fraction of sp³-hybridized carbons (Fsp3) is 0.579. The lowest BCUT2D eigenvalue weighted by atomic mass is 10.0. The molecule has 7 heteroatoms. The molecule has 1 fully saturated rings. The highest BCUT2D eigenvalue weighted by Crippen LogP contribution is 2.19. The molecule has 1 aromatic rings. The van der Waals surface area contributed by atoms with Crippen molar-refractivity contribution in [3.05, 3.63) is 29.8 Å². The summed E-state index contributed by atoms with van der Waals surface area (Å²) in [5, 5.41) is 13.2. The first-order chi connectivity index (χ1) is 12.4. The number of likely N-dealkylation sites (tertiary alicyclic amines) is 1. The van der Waals surface area contributed by atoms with Crippen LogP contribution < -0.4 is 10.1 Å². The normalized spacial score (nSPS) is 20.5. The molecule has 0 aromatic heterocycles. The number of nitrogens with one attached hydrogen (secondary N) is 1. The molecule has 144 valence electrons. The number of aliphatic hydroxyl groups excluding tert-OH is 1. The predicted molar refractivity (Wildman–Crippen MR) is 99.0 cm³/mol. The minimum atomic E-state index is -0.672. The summed E-state index contributed by atoms with van der Waals surface area (Å²) in [7, 11) is 5.05. The first kappa shape index (κ1) is 20.2. The number of likely N-dealkylation sites (N-methyl/N-ethyl adjacent to an activating group) is 1. The molecule has 1 heterocycles. The minimum absolute atomic E-state index is 0.0106. The third-order valence-electron chi connectivity index (χ3n) is 4.68. The van der Waals surface area contributed by atoms with Crippen molar-refractivity contribution in [2.75, 3.05) is 40.8 Å². The Hall–Kier alpha value is -2.12. The number of aryl methyl sites for hydroxylation is 1. The van der Waals surface area contributed by atoms with E-state index >= 15 is 0 Å². The number of ether oxygens (including phenoxy) is 1. The van der Waals surface area contributed by atoms with Gasteiger partial charge in [-0.05, 0) is 24.5 Å². The Labute approximate surface area is 154 Å². The van der Waals surface area contributed by atoms with Gasteiger partial charge in [0, 0.05) is 33.6 Å². The quantitative estimate of drug-likeness (QED) is 0.727. The molecule has 7 nitrogen and oxygen atoms in total. The average Bonchev–Trinajstić information content (AvgIpc) is 2.62. The second kappa shape index (κ2) is 9.54. The van der Waals surface area contributed by atoms with Gasteiger partial charge >= 0.3 is 0 Å². The van der Waals surface area contributed by atoms with E-state index in [1.165, 1.54) is 4.90 Å². The van der Waals surface area contributed by atoms with E-state index in [9.17, 15) is 14.7 Å². The molecule has 2 atom stereocenters. The largest absolute Gasteiger partial charge is 0.496 e. The number of β-amino-alcohol motifs (C(OH)–C–C–N with tert-alkyl or cyclic N) is 1. The molecule has 0 radical (unpaired) electrons. The van der Waals surface area contributed by atoms with Crippen LogP contribution in [0, 0.1) is 0 Å². The van der Waals surface area contributed by atoms with Gasteiger partial charge in [0.2, 0.25) is 11.8 Å². The summed E-state index contributed by atoms with van der Waals surface area (Å²) < 4.78 is 5.30. The number of benzene rings is 1. The van der Waals surface area contributed by atoms with E-state index in [2.05, 4.69) is 5.32 Å². The molecule has 1 aromatic carbocycles. The van der Waals surface area contributed by atoms with E-state index in [-0.39, 0.29) is 17.9 Å². The predicted octanol–water partition coefficient (Wildman–Crippen LogP) is 0.267. The Kier molecular flexibility index (Phi) is 7.41. The summed E-state index contributed by atoms with van der Waals surface area (Å²) in [6.45, 7) is 1.35. The Morgan fingerprint density at radius 2 is 2.08 bits per heavy atom. The molecule has 1 aliphatic heterocycles. The number of piperidine rings is 1. The van der Waals surface area contributed by atoms with E-state index < -0.39 is 6.10 Å². The topological polar surface area (TPSA) is 82.1 Å². The van der Waals surface area contributed by atoms with Crippen LogP contribution in [0.15, 0.2) is 24.3 Å². The third kappa shape index (κ3) is 5.71. The molecule has 0 aliphatic carbocycles. The fourth-order valence-electron chi connectivity index (χ4n) is 3.08. The minimum Gasteiger partial charge on any atom is -0.496 e. The lowest BCUT2D eigenvalue weighted by Crippen LogP contribution is -2.55. The van der Waals surface area contributed by atoms with Crippen molar-refractivity contribution >= 4 is 11.8 Å². The van der Waals surface area contributed by atoms with E-state index in [1.54, 1.807) is 21.2 Å². The van der Waals surface area contributed by atoms with Crippen molar-refractivity contribution in [2.45, 2.75) is 31.4 Å². The first-order valence-electron chi connectivity index (χ1n) is 8.92. The van der Waals surface area contributed by atoms with Crippen LogP contribution in [-0.4, -0.2) is 79.7 Å². The lowest BCUT2D eigenvalue weighted by molar-refractivity contribution is -0.131. The molecule has 1 aliphatic rings. The Morgan fingerprint density at radius 1 is 1.35 bits per heavy atom. The van der Waals surface area contributed by atoms with Crippen LogP contribution in [0.5, 0.6) is 5.75 Å². The van der Waals surface area contributed by atoms with Crippen LogP contribution in [0.4, 0.5) is 0 Å². The molecule has 0 saturated carbocycles. The molecule has 26 heavy (non-hydrogen) atoms. The summed E-state index contributed by atoms with van der Waals surface area (Å²) >= 11 is 0. The van der Waals surface area contributed by atoms with Crippen LogP contribution in [0.1, 0.15) is 18.4 Å². The van der Waals surface area contributed by atoms with Crippen LogP contribution in [0.3, 0.4) is 0 Å². The number of hydrogen-bond donors (Lipinski definition) is 2. The number of carbonyl (C=O) groups is 2. The van der Waals surface area contributed by atoms with Gasteiger partial charge in [-0.2, -0.15) is 0 Å². The summed E-state index contributed by atoms with van der Waals surface area (Å²) in [4.78, 5) is 27.5. The number of aliphatic hydroxyl groups is 1. The number of nitrogens with zero attached hydrogens (tertiary/aromatic N) is 2.